The molecule has 0 aliphatic heterocycles. The first kappa shape index (κ1) is 32.0. The summed E-state index contributed by atoms with van der Waals surface area (Å²) in [5.74, 6) is 0.495. The maximum absolute atomic E-state index is 6.84. The van der Waals surface area contributed by atoms with E-state index in [4.69, 9.17) is 15.1 Å². The number of fused-ring (bicyclic) bond motifs is 9. The second kappa shape index (κ2) is 12.5. The SMILES string of the molecule is CC1(C)c2cc3ccccc3cc2-c2c(/C=C/C(N=C(N)c3ccccc3)c3ccccc3-c3cccc4oc5ccc6ccccc6c5c34)cccc21. The highest BCUT2D eigenvalue weighted by Crippen LogP contribution is 2.51. The van der Waals surface area contributed by atoms with Gasteiger partial charge in [-0.25, -0.2) is 0 Å². The van der Waals surface area contributed by atoms with Crippen LogP contribution in [0.3, 0.4) is 0 Å². The fraction of sp³-hybridized carbons (Fsp3) is 0.0784. The lowest BCUT2D eigenvalue weighted by molar-refractivity contribution is 0.661. The zero-order valence-electron chi connectivity index (χ0n) is 30.3. The summed E-state index contributed by atoms with van der Waals surface area (Å²) in [6, 6.07) is 57.5. The number of nitrogens with zero attached hydrogens (tertiary/aromatic N) is 1. The van der Waals surface area contributed by atoms with E-state index in [-0.39, 0.29) is 11.5 Å². The minimum Gasteiger partial charge on any atom is -0.456 e. The third-order valence-corrected chi connectivity index (χ3v) is 11.4. The van der Waals surface area contributed by atoms with Crippen molar-refractivity contribution in [3.63, 3.8) is 0 Å². The summed E-state index contributed by atoms with van der Waals surface area (Å²) in [5.41, 5.74) is 19.1. The highest BCUT2D eigenvalue weighted by atomic mass is 16.3. The van der Waals surface area contributed by atoms with Crippen molar-refractivity contribution in [2.45, 2.75) is 25.3 Å². The molecule has 3 nitrogen and oxygen atoms in total. The van der Waals surface area contributed by atoms with Gasteiger partial charge in [-0.3, -0.25) is 4.99 Å². The van der Waals surface area contributed by atoms with Crippen LogP contribution in [0.5, 0.6) is 0 Å². The molecule has 1 aromatic heterocycles. The van der Waals surface area contributed by atoms with Crippen LogP contribution >= 0.6 is 0 Å². The Labute approximate surface area is 314 Å². The third kappa shape index (κ3) is 5.08. The molecule has 1 heterocycles. The van der Waals surface area contributed by atoms with Gasteiger partial charge in [0, 0.05) is 21.8 Å². The molecule has 0 saturated carbocycles. The van der Waals surface area contributed by atoms with Crippen LogP contribution in [0.2, 0.25) is 0 Å². The van der Waals surface area contributed by atoms with Crippen LogP contribution in [0, 0.1) is 0 Å². The molecule has 1 atom stereocenters. The fourth-order valence-electron chi connectivity index (χ4n) is 8.70. The topological polar surface area (TPSA) is 51.5 Å². The van der Waals surface area contributed by atoms with Crippen molar-refractivity contribution in [3.05, 3.63) is 198 Å². The molecular formula is C51H38N2O. The van der Waals surface area contributed by atoms with Crippen molar-refractivity contribution in [3.8, 4) is 22.3 Å². The average molecular weight is 695 g/mol. The van der Waals surface area contributed by atoms with Gasteiger partial charge in [-0.1, -0.05) is 166 Å². The van der Waals surface area contributed by atoms with Gasteiger partial charge < -0.3 is 10.2 Å². The Morgan fingerprint density at radius 3 is 2.13 bits per heavy atom. The van der Waals surface area contributed by atoms with Gasteiger partial charge >= 0.3 is 0 Å². The molecule has 54 heavy (non-hydrogen) atoms. The molecule has 2 N–H and O–H groups in total. The van der Waals surface area contributed by atoms with Gasteiger partial charge in [0.05, 0.1) is 6.04 Å². The minimum atomic E-state index is -0.382. The second-order valence-corrected chi connectivity index (χ2v) is 14.9. The lowest BCUT2D eigenvalue weighted by atomic mass is 9.81. The predicted molar refractivity (Wildman–Crippen MR) is 227 cm³/mol. The maximum atomic E-state index is 6.84. The normalized spacial score (nSPS) is 14.3. The lowest BCUT2D eigenvalue weighted by Gasteiger charge is -2.22. The number of hydrogen-bond acceptors (Lipinski definition) is 2. The van der Waals surface area contributed by atoms with E-state index in [0.29, 0.717) is 5.84 Å². The summed E-state index contributed by atoms with van der Waals surface area (Å²) in [6.07, 6.45) is 4.48. The van der Waals surface area contributed by atoms with E-state index in [9.17, 15) is 0 Å². The highest BCUT2D eigenvalue weighted by Gasteiger charge is 2.36. The molecule has 9 aromatic rings. The average Bonchev–Trinajstić information content (AvgIpc) is 3.71. The minimum absolute atomic E-state index is 0.128. The van der Waals surface area contributed by atoms with Crippen LogP contribution in [-0.2, 0) is 5.41 Å². The summed E-state index contributed by atoms with van der Waals surface area (Å²) in [5, 5.41) is 7.11. The molecule has 10 rings (SSSR count). The number of amidine groups is 1. The Morgan fingerprint density at radius 1 is 0.593 bits per heavy atom. The first-order valence-corrected chi connectivity index (χ1v) is 18.6. The molecule has 0 amide bonds. The Balaban J connectivity index is 1.17. The predicted octanol–water partition coefficient (Wildman–Crippen LogP) is 13.0. The molecule has 8 aromatic carbocycles. The van der Waals surface area contributed by atoms with Gasteiger partial charge in [-0.05, 0) is 90.3 Å². The van der Waals surface area contributed by atoms with E-state index < -0.39 is 0 Å². The summed E-state index contributed by atoms with van der Waals surface area (Å²) < 4.78 is 6.50. The second-order valence-electron chi connectivity index (χ2n) is 14.9. The van der Waals surface area contributed by atoms with Crippen molar-refractivity contribution >= 4 is 55.4 Å². The zero-order valence-corrected chi connectivity index (χ0v) is 30.3. The van der Waals surface area contributed by atoms with Crippen molar-refractivity contribution < 1.29 is 4.42 Å². The van der Waals surface area contributed by atoms with Crippen LogP contribution in [0.25, 0.3) is 71.8 Å². The van der Waals surface area contributed by atoms with E-state index in [1.807, 2.05) is 30.3 Å². The van der Waals surface area contributed by atoms with Crippen LogP contribution in [-0.4, -0.2) is 5.84 Å². The summed E-state index contributed by atoms with van der Waals surface area (Å²) in [4.78, 5) is 5.29. The summed E-state index contributed by atoms with van der Waals surface area (Å²) >= 11 is 0. The Bertz CT molecular complexity index is 2980. The van der Waals surface area contributed by atoms with Crippen molar-refractivity contribution in [2.75, 3.05) is 0 Å². The van der Waals surface area contributed by atoms with Gasteiger partial charge in [0.15, 0.2) is 0 Å². The van der Waals surface area contributed by atoms with Gasteiger partial charge in [-0.15, -0.1) is 0 Å². The highest BCUT2D eigenvalue weighted by molar-refractivity contribution is 6.22. The zero-order chi connectivity index (χ0) is 36.4. The number of aliphatic imine (C=N–C) groups is 1. The van der Waals surface area contributed by atoms with E-state index in [2.05, 4.69) is 159 Å². The van der Waals surface area contributed by atoms with E-state index in [0.717, 1.165) is 44.2 Å². The Hall–Kier alpha value is -6.71. The number of benzene rings is 8. The van der Waals surface area contributed by atoms with Gasteiger partial charge in [0.1, 0.15) is 17.0 Å². The molecular weight excluding hydrogens is 657 g/mol. The van der Waals surface area contributed by atoms with Crippen LogP contribution in [0.15, 0.2) is 179 Å². The Morgan fingerprint density at radius 2 is 1.28 bits per heavy atom. The third-order valence-electron chi connectivity index (χ3n) is 11.4. The monoisotopic (exact) mass is 694 g/mol. The molecule has 0 bridgehead atoms. The number of nitrogens with two attached hydrogens (primary N) is 1. The van der Waals surface area contributed by atoms with E-state index in [1.165, 1.54) is 49.4 Å². The van der Waals surface area contributed by atoms with Crippen LogP contribution < -0.4 is 5.73 Å². The standard InChI is InChI=1S/C51H38N2O/c1-51(2)42-24-12-19-33(47(42)41-30-35-17-6-7-18-36(35)31-43(41)51)26-28-44(53-50(52)34-15-4-3-5-16-34)39-22-11-10-21-38(39)40-23-13-25-45-49(40)48-37-20-9-8-14-32(37)27-29-46(48)54-45/h3-31,44H,1-2H3,(H2,52,53)/b28-26+. The van der Waals surface area contributed by atoms with Gasteiger partial charge in [0.2, 0.25) is 0 Å². The molecule has 0 spiro atoms. The molecule has 1 aliphatic carbocycles. The van der Waals surface area contributed by atoms with Crippen molar-refractivity contribution in [2.24, 2.45) is 10.7 Å². The van der Waals surface area contributed by atoms with Crippen LogP contribution in [0.1, 0.15) is 47.7 Å². The smallest absolute Gasteiger partial charge is 0.136 e. The largest absolute Gasteiger partial charge is 0.456 e. The summed E-state index contributed by atoms with van der Waals surface area (Å²) in [7, 11) is 0. The fourth-order valence-corrected chi connectivity index (χ4v) is 8.70. The molecule has 1 unspecified atom stereocenters. The van der Waals surface area contributed by atoms with Gasteiger partial charge in [0.25, 0.3) is 0 Å². The number of furan rings is 1. The van der Waals surface area contributed by atoms with Crippen molar-refractivity contribution in [1.82, 2.24) is 0 Å². The molecule has 0 saturated heterocycles. The molecule has 258 valence electrons. The number of hydrogen-bond donors (Lipinski definition) is 1. The summed E-state index contributed by atoms with van der Waals surface area (Å²) in [6.45, 7) is 4.68. The van der Waals surface area contributed by atoms with Crippen LogP contribution in [0.4, 0.5) is 0 Å². The first-order valence-electron chi connectivity index (χ1n) is 18.6. The first-order chi connectivity index (χ1) is 26.5. The maximum Gasteiger partial charge on any atom is 0.136 e. The van der Waals surface area contributed by atoms with Crippen molar-refractivity contribution in [1.29, 1.82) is 0 Å². The van der Waals surface area contributed by atoms with Gasteiger partial charge in [-0.2, -0.15) is 0 Å². The molecule has 0 fully saturated rings. The lowest BCUT2D eigenvalue weighted by Crippen LogP contribution is -2.15. The van der Waals surface area contributed by atoms with E-state index >= 15 is 0 Å². The Kier molecular flexibility index (Phi) is 7.38. The quantitative estimate of drug-likeness (QED) is 0.139. The molecule has 1 aliphatic rings. The molecule has 0 radical (unpaired) electrons. The molecule has 3 heteroatoms. The van der Waals surface area contributed by atoms with E-state index in [1.54, 1.807) is 0 Å². The number of rotatable bonds is 6.